The highest BCUT2D eigenvalue weighted by Gasteiger charge is 2.18. The van der Waals surface area contributed by atoms with E-state index in [2.05, 4.69) is 5.32 Å². The van der Waals surface area contributed by atoms with Crippen molar-refractivity contribution in [1.29, 1.82) is 0 Å². The van der Waals surface area contributed by atoms with Crippen LogP contribution in [-0.2, 0) is 0 Å². The van der Waals surface area contributed by atoms with Crippen LogP contribution >= 0.6 is 11.8 Å². The van der Waals surface area contributed by atoms with Crippen molar-refractivity contribution in [1.82, 2.24) is 5.32 Å². The summed E-state index contributed by atoms with van der Waals surface area (Å²) in [5, 5.41) is 12.5. The lowest BCUT2D eigenvalue weighted by Gasteiger charge is -2.15. The molecular weight excluding hydrogens is 229 g/mol. The van der Waals surface area contributed by atoms with Gasteiger partial charge in [0, 0.05) is 12.1 Å². The third-order valence-corrected chi connectivity index (χ3v) is 3.06. The molecule has 1 rings (SSSR count). The van der Waals surface area contributed by atoms with E-state index < -0.39 is 11.9 Å². The Balaban J connectivity index is 3.13. The van der Waals surface area contributed by atoms with Gasteiger partial charge in [-0.15, -0.1) is 11.8 Å². The van der Waals surface area contributed by atoms with Gasteiger partial charge in [-0.25, -0.2) is 4.39 Å². The Kier molecular flexibility index (Phi) is 5.05. The number of ether oxygens (including phenoxy) is 1. The van der Waals surface area contributed by atoms with Crippen LogP contribution < -0.4 is 10.1 Å². The van der Waals surface area contributed by atoms with Gasteiger partial charge in [-0.05, 0) is 25.4 Å². The fourth-order valence-electron chi connectivity index (χ4n) is 1.47. The highest BCUT2D eigenvalue weighted by molar-refractivity contribution is 7.98. The number of aliphatic hydroxyl groups excluding tert-OH is 1. The van der Waals surface area contributed by atoms with E-state index >= 15 is 0 Å². The number of likely N-dealkylation sites (N-methyl/N-ethyl adjacent to an activating group) is 1. The van der Waals surface area contributed by atoms with Crippen LogP contribution in [0.3, 0.4) is 0 Å². The van der Waals surface area contributed by atoms with Crippen LogP contribution in [0.5, 0.6) is 5.75 Å². The van der Waals surface area contributed by atoms with Crippen LogP contribution in [0.1, 0.15) is 11.7 Å². The molecule has 0 aliphatic rings. The van der Waals surface area contributed by atoms with E-state index in [9.17, 15) is 9.50 Å². The maximum absolute atomic E-state index is 14.0. The van der Waals surface area contributed by atoms with Crippen molar-refractivity contribution in [2.45, 2.75) is 11.0 Å². The average Bonchev–Trinajstić information content (AvgIpc) is 2.28. The lowest BCUT2D eigenvalue weighted by molar-refractivity contribution is 0.172. The average molecular weight is 245 g/mol. The SMILES string of the molecule is CNCC(O)c1ccc(OC)c(SC)c1F. The summed E-state index contributed by atoms with van der Waals surface area (Å²) in [5.74, 6) is 0.0833. The molecule has 0 spiro atoms. The molecule has 5 heteroatoms. The number of hydrogen-bond acceptors (Lipinski definition) is 4. The molecule has 0 bridgehead atoms. The van der Waals surface area contributed by atoms with Crippen molar-refractivity contribution in [3.8, 4) is 5.75 Å². The van der Waals surface area contributed by atoms with Gasteiger partial charge in [0.2, 0.25) is 0 Å². The number of halogens is 1. The van der Waals surface area contributed by atoms with Gasteiger partial charge in [0.1, 0.15) is 11.6 Å². The van der Waals surface area contributed by atoms with Gasteiger partial charge < -0.3 is 15.2 Å². The van der Waals surface area contributed by atoms with E-state index in [4.69, 9.17) is 4.74 Å². The Morgan fingerprint density at radius 2 is 2.25 bits per heavy atom. The maximum atomic E-state index is 14.0. The highest BCUT2D eigenvalue weighted by Crippen LogP contribution is 2.34. The van der Waals surface area contributed by atoms with Crippen LogP contribution in [0.4, 0.5) is 4.39 Å². The van der Waals surface area contributed by atoms with Crippen molar-refractivity contribution in [2.24, 2.45) is 0 Å². The summed E-state index contributed by atoms with van der Waals surface area (Å²) < 4.78 is 19.1. The van der Waals surface area contributed by atoms with Crippen LogP contribution in [0.25, 0.3) is 0 Å². The second-order valence-electron chi connectivity index (χ2n) is 3.28. The molecule has 0 saturated carbocycles. The summed E-state index contributed by atoms with van der Waals surface area (Å²) >= 11 is 1.26. The number of aliphatic hydroxyl groups is 1. The van der Waals surface area contributed by atoms with Crippen molar-refractivity contribution >= 4 is 11.8 Å². The first-order valence-corrected chi connectivity index (χ1v) is 6.11. The Bertz CT molecular complexity index is 360. The molecule has 0 heterocycles. The minimum atomic E-state index is -0.846. The first-order chi connectivity index (χ1) is 7.65. The molecule has 0 saturated heterocycles. The van der Waals surface area contributed by atoms with E-state index in [1.165, 1.54) is 18.9 Å². The fraction of sp³-hybridized carbons (Fsp3) is 0.455. The molecule has 1 aromatic rings. The molecule has 0 amide bonds. The summed E-state index contributed by atoms with van der Waals surface area (Å²) in [5.41, 5.74) is 0.291. The standard InChI is InChI=1S/C11H16FNO2S/c1-13-6-8(14)7-4-5-9(15-2)11(16-3)10(7)12/h4-5,8,13-14H,6H2,1-3H3. The van der Waals surface area contributed by atoms with Gasteiger partial charge in [-0.3, -0.25) is 0 Å². The van der Waals surface area contributed by atoms with E-state index in [-0.39, 0.29) is 0 Å². The van der Waals surface area contributed by atoms with Gasteiger partial charge in [0.05, 0.1) is 18.1 Å². The molecule has 1 atom stereocenters. The Hall–Kier alpha value is -0.780. The first-order valence-electron chi connectivity index (χ1n) is 4.88. The third-order valence-electron chi connectivity index (χ3n) is 2.27. The zero-order valence-electron chi connectivity index (χ0n) is 9.58. The minimum Gasteiger partial charge on any atom is -0.495 e. The Morgan fingerprint density at radius 1 is 1.56 bits per heavy atom. The number of nitrogens with one attached hydrogen (secondary N) is 1. The smallest absolute Gasteiger partial charge is 0.146 e. The van der Waals surface area contributed by atoms with Crippen molar-refractivity contribution in [3.05, 3.63) is 23.5 Å². The quantitative estimate of drug-likeness (QED) is 0.776. The second kappa shape index (κ2) is 6.08. The predicted molar refractivity (Wildman–Crippen MR) is 63.6 cm³/mol. The molecule has 90 valence electrons. The van der Waals surface area contributed by atoms with Gasteiger partial charge in [-0.2, -0.15) is 0 Å². The lowest BCUT2D eigenvalue weighted by Crippen LogP contribution is -2.18. The summed E-state index contributed by atoms with van der Waals surface area (Å²) in [6.45, 7) is 0.317. The third kappa shape index (κ3) is 2.66. The van der Waals surface area contributed by atoms with Gasteiger partial charge in [-0.1, -0.05) is 0 Å². The zero-order valence-corrected chi connectivity index (χ0v) is 10.4. The highest BCUT2D eigenvalue weighted by atomic mass is 32.2. The number of hydrogen-bond donors (Lipinski definition) is 2. The summed E-state index contributed by atoms with van der Waals surface area (Å²) in [4.78, 5) is 0.426. The lowest BCUT2D eigenvalue weighted by atomic mass is 10.1. The molecule has 3 nitrogen and oxygen atoms in total. The molecule has 0 aromatic heterocycles. The summed E-state index contributed by atoms with van der Waals surface area (Å²) in [6.07, 6.45) is 0.927. The predicted octanol–water partition coefficient (Wildman–Crippen LogP) is 1.81. The summed E-state index contributed by atoms with van der Waals surface area (Å²) in [6, 6.07) is 3.22. The first kappa shape index (κ1) is 13.3. The fourth-order valence-corrected chi connectivity index (χ4v) is 2.11. The van der Waals surface area contributed by atoms with E-state index in [0.717, 1.165) is 0 Å². The van der Waals surface area contributed by atoms with Crippen molar-refractivity contribution in [3.63, 3.8) is 0 Å². The van der Waals surface area contributed by atoms with E-state index in [1.54, 1.807) is 25.4 Å². The maximum Gasteiger partial charge on any atom is 0.146 e. The molecule has 16 heavy (non-hydrogen) atoms. The van der Waals surface area contributed by atoms with Gasteiger partial charge >= 0.3 is 0 Å². The molecule has 0 fully saturated rings. The van der Waals surface area contributed by atoms with Crippen LogP contribution in [-0.4, -0.2) is 32.1 Å². The molecule has 1 unspecified atom stereocenters. The van der Waals surface area contributed by atoms with Crippen LogP contribution in [0, 0.1) is 5.82 Å². The number of methoxy groups -OCH3 is 1. The van der Waals surface area contributed by atoms with Crippen LogP contribution in [0.15, 0.2) is 17.0 Å². The molecule has 0 aliphatic heterocycles. The molecule has 1 aromatic carbocycles. The second-order valence-corrected chi connectivity index (χ2v) is 4.09. The van der Waals surface area contributed by atoms with Gasteiger partial charge in [0.15, 0.2) is 0 Å². The molecular formula is C11H16FNO2S. The summed E-state index contributed by atoms with van der Waals surface area (Å²) in [7, 11) is 3.21. The largest absolute Gasteiger partial charge is 0.495 e. The number of rotatable bonds is 5. The monoisotopic (exact) mass is 245 g/mol. The number of thioether (sulfide) groups is 1. The molecule has 2 N–H and O–H groups in total. The zero-order chi connectivity index (χ0) is 12.1. The topological polar surface area (TPSA) is 41.5 Å². The molecule has 0 aliphatic carbocycles. The van der Waals surface area contributed by atoms with Crippen LogP contribution in [0.2, 0.25) is 0 Å². The van der Waals surface area contributed by atoms with E-state index in [1.807, 2.05) is 0 Å². The minimum absolute atomic E-state index is 0.291. The molecule has 0 radical (unpaired) electrons. The van der Waals surface area contributed by atoms with Crippen molar-refractivity contribution < 1.29 is 14.2 Å². The Labute approximate surface area is 99.0 Å². The van der Waals surface area contributed by atoms with Gasteiger partial charge in [0.25, 0.3) is 0 Å². The Morgan fingerprint density at radius 3 is 2.75 bits per heavy atom. The number of benzene rings is 1. The normalized spacial score (nSPS) is 12.6. The van der Waals surface area contributed by atoms with E-state index in [0.29, 0.717) is 22.8 Å². The van der Waals surface area contributed by atoms with Crippen molar-refractivity contribution in [2.75, 3.05) is 27.0 Å².